The van der Waals surface area contributed by atoms with Crippen molar-refractivity contribution in [3.63, 3.8) is 0 Å². The number of imidazole rings is 1. The van der Waals surface area contributed by atoms with Crippen molar-refractivity contribution in [2.24, 2.45) is 5.92 Å². The van der Waals surface area contributed by atoms with Gasteiger partial charge in [-0.15, -0.1) is 0 Å². The molecule has 3 rings (SSSR count). The zero-order valence-electron chi connectivity index (χ0n) is 24.9. The summed E-state index contributed by atoms with van der Waals surface area (Å²) in [6, 6.07) is 12.6. The van der Waals surface area contributed by atoms with E-state index in [1.165, 1.54) is 6.92 Å². The standard InChI is InChI=1S/C32H43ClN4O4/c1-7-27-30(37-31(36-27)28(16-19(2)3)34-21(6)39)23-10-8-22(9-11-23)17-25(14-15-38)35-32(40)24-12-13-29(26(33)18-24)41-20(4)5/h8-13,18-20,25,28,38H,7,14-17H2,1-6H3,(H,34,39)(H,35,40)(H,36,37)/t25-,28-/m1/s1. The molecule has 0 aliphatic carbocycles. The van der Waals surface area contributed by atoms with Gasteiger partial charge in [0.15, 0.2) is 0 Å². The molecule has 4 N–H and O–H groups in total. The maximum Gasteiger partial charge on any atom is 0.251 e. The molecule has 222 valence electrons. The van der Waals surface area contributed by atoms with Crippen LogP contribution in [-0.4, -0.2) is 45.6 Å². The number of ether oxygens (including phenoxy) is 1. The van der Waals surface area contributed by atoms with Gasteiger partial charge in [-0.25, -0.2) is 4.98 Å². The highest BCUT2D eigenvalue weighted by Crippen LogP contribution is 2.28. The van der Waals surface area contributed by atoms with Crippen molar-refractivity contribution in [2.75, 3.05) is 6.61 Å². The van der Waals surface area contributed by atoms with Gasteiger partial charge in [-0.05, 0) is 69.2 Å². The van der Waals surface area contributed by atoms with E-state index in [0.29, 0.717) is 35.1 Å². The first-order valence-corrected chi connectivity index (χ1v) is 14.7. The topological polar surface area (TPSA) is 116 Å². The average Bonchev–Trinajstić information content (AvgIpc) is 3.34. The molecule has 9 heteroatoms. The van der Waals surface area contributed by atoms with Crippen LogP contribution in [0.3, 0.4) is 0 Å². The van der Waals surface area contributed by atoms with Gasteiger partial charge < -0.3 is 25.5 Å². The van der Waals surface area contributed by atoms with E-state index in [2.05, 4.69) is 36.4 Å². The summed E-state index contributed by atoms with van der Waals surface area (Å²) in [6.45, 7) is 11.6. The number of nitrogens with zero attached hydrogens (tertiary/aromatic N) is 1. The van der Waals surface area contributed by atoms with Gasteiger partial charge in [-0.1, -0.05) is 56.6 Å². The number of carbonyl (C=O) groups excluding carboxylic acids is 2. The minimum atomic E-state index is -0.263. The van der Waals surface area contributed by atoms with Crippen molar-refractivity contribution < 1.29 is 19.4 Å². The van der Waals surface area contributed by atoms with Crippen LogP contribution in [0.15, 0.2) is 42.5 Å². The first-order chi connectivity index (χ1) is 19.5. The molecule has 1 heterocycles. The second-order valence-corrected chi connectivity index (χ2v) is 11.5. The first kappa shape index (κ1) is 32.2. The van der Waals surface area contributed by atoms with E-state index in [9.17, 15) is 14.7 Å². The van der Waals surface area contributed by atoms with Crippen LogP contribution in [0.4, 0.5) is 0 Å². The molecule has 8 nitrogen and oxygen atoms in total. The lowest BCUT2D eigenvalue weighted by Crippen LogP contribution is -2.37. The number of aromatic nitrogens is 2. The Bertz CT molecular complexity index is 1300. The Morgan fingerprint density at radius 3 is 2.34 bits per heavy atom. The van der Waals surface area contributed by atoms with Crippen molar-refractivity contribution in [2.45, 2.75) is 85.4 Å². The molecule has 0 saturated carbocycles. The smallest absolute Gasteiger partial charge is 0.251 e. The summed E-state index contributed by atoms with van der Waals surface area (Å²) in [5.74, 6) is 1.35. The number of hydrogen-bond acceptors (Lipinski definition) is 5. The molecule has 0 spiro atoms. The molecule has 0 aliphatic heterocycles. The second-order valence-electron chi connectivity index (χ2n) is 11.1. The highest BCUT2D eigenvalue weighted by atomic mass is 35.5. The lowest BCUT2D eigenvalue weighted by Gasteiger charge is -2.19. The number of amides is 2. The van der Waals surface area contributed by atoms with Gasteiger partial charge in [0.1, 0.15) is 11.6 Å². The molecule has 1 aromatic heterocycles. The molecule has 2 amide bonds. The molecule has 0 fully saturated rings. The van der Waals surface area contributed by atoms with Crippen LogP contribution in [0.25, 0.3) is 11.3 Å². The number of nitrogens with one attached hydrogen (secondary N) is 3. The van der Waals surface area contributed by atoms with Crippen LogP contribution in [0.2, 0.25) is 5.02 Å². The Balaban J connectivity index is 1.74. The second kappa shape index (κ2) is 15.0. The summed E-state index contributed by atoms with van der Waals surface area (Å²) in [4.78, 5) is 33.1. The van der Waals surface area contributed by atoms with Gasteiger partial charge >= 0.3 is 0 Å². The molecular formula is C32H43ClN4O4. The van der Waals surface area contributed by atoms with E-state index in [-0.39, 0.29) is 36.6 Å². The summed E-state index contributed by atoms with van der Waals surface area (Å²) in [6.07, 6.45) is 2.51. The number of hydrogen-bond donors (Lipinski definition) is 4. The average molecular weight is 583 g/mol. The summed E-state index contributed by atoms with van der Waals surface area (Å²) >= 11 is 6.32. The third-order valence-corrected chi connectivity index (χ3v) is 6.94. The lowest BCUT2D eigenvalue weighted by molar-refractivity contribution is -0.119. The third kappa shape index (κ3) is 9.33. The van der Waals surface area contributed by atoms with E-state index < -0.39 is 0 Å². The van der Waals surface area contributed by atoms with E-state index in [0.717, 1.165) is 41.2 Å². The zero-order chi connectivity index (χ0) is 30.1. The number of aliphatic hydroxyl groups excluding tert-OH is 1. The van der Waals surface area contributed by atoms with Gasteiger partial charge in [-0.3, -0.25) is 9.59 Å². The van der Waals surface area contributed by atoms with E-state index in [1.54, 1.807) is 18.2 Å². The van der Waals surface area contributed by atoms with Crippen LogP contribution in [-0.2, 0) is 17.6 Å². The number of aryl methyl sites for hydroxylation is 1. The molecule has 0 radical (unpaired) electrons. The summed E-state index contributed by atoms with van der Waals surface area (Å²) in [7, 11) is 0. The van der Waals surface area contributed by atoms with E-state index in [1.807, 2.05) is 38.1 Å². The minimum absolute atomic E-state index is 0.0262. The maximum absolute atomic E-state index is 13.0. The minimum Gasteiger partial charge on any atom is -0.489 e. The predicted molar refractivity (Wildman–Crippen MR) is 163 cm³/mol. The molecular weight excluding hydrogens is 540 g/mol. The Labute approximate surface area is 248 Å². The molecule has 0 bridgehead atoms. The highest BCUT2D eigenvalue weighted by molar-refractivity contribution is 6.32. The van der Waals surface area contributed by atoms with Crippen LogP contribution in [0.5, 0.6) is 5.75 Å². The van der Waals surface area contributed by atoms with Gasteiger partial charge in [0.2, 0.25) is 5.91 Å². The predicted octanol–water partition coefficient (Wildman–Crippen LogP) is 6.03. The Morgan fingerprint density at radius 1 is 1.07 bits per heavy atom. The maximum atomic E-state index is 13.0. The van der Waals surface area contributed by atoms with Crippen LogP contribution < -0.4 is 15.4 Å². The van der Waals surface area contributed by atoms with Crippen molar-refractivity contribution >= 4 is 23.4 Å². The quantitative estimate of drug-likeness (QED) is 0.185. The lowest BCUT2D eigenvalue weighted by atomic mass is 10.00. The largest absolute Gasteiger partial charge is 0.489 e. The normalized spacial score (nSPS) is 12.8. The SMILES string of the molecule is CCc1[nH]c([C@@H](CC(C)C)NC(C)=O)nc1-c1ccc(C[C@@H](CCO)NC(=O)c2ccc(OC(C)C)c(Cl)c2)cc1. The number of aliphatic hydroxyl groups is 1. The van der Waals surface area contributed by atoms with Crippen LogP contribution in [0.1, 0.15) is 87.9 Å². The van der Waals surface area contributed by atoms with Crippen molar-refractivity contribution in [1.82, 2.24) is 20.6 Å². The monoisotopic (exact) mass is 582 g/mol. The first-order valence-electron chi connectivity index (χ1n) is 14.3. The van der Waals surface area contributed by atoms with Crippen molar-refractivity contribution in [3.05, 3.63) is 70.1 Å². The Hall–Kier alpha value is -3.36. The molecule has 41 heavy (non-hydrogen) atoms. The third-order valence-electron chi connectivity index (χ3n) is 6.64. The number of aromatic amines is 1. The molecule has 0 saturated heterocycles. The fraction of sp³-hybridized carbons (Fsp3) is 0.469. The zero-order valence-corrected chi connectivity index (χ0v) is 25.6. The number of H-pyrrole nitrogens is 1. The number of benzene rings is 2. The van der Waals surface area contributed by atoms with E-state index >= 15 is 0 Å². The van der Waals surface area contributed by atoms with Crippen molar-refractivity contribution in [1.29, 1.82) is 0 Å². The van der Waals surface area contributed by atoms with E-state index in [4.69, 9.17) is 21.3 Å². The Morgan fingerprint density at radius 2 is 1.78 bits per heavy atom. The van der Waals surface area contributed by atoms with Crippen LogP contribution >= 0.6 is 11.6 Å². The summed E-state index contributed by atoms with van der Waals surface area (Å²) in [5, 5.41) is 16.1. The summed E-state index contributed by atoms with van der Waals surface area (Å²) < 4.78 is 5.66. The number of rotatable bonds is 14. The number of carbonyl (C=O) groups is 2. The molecule has 0 unspecified atom stereocenters. The fourth-order valence-corrected chi connectivity index (χ4v) is 4.99. The van der Waals surface area contributed by atoms with Gasteiger partial charge in [0.25, 0.3) is 5.91 Å². The van der Waals surface area contributed by atoms with Crippen molar-refractivity contribution in [3.8, 4) is 17.0 Å². The van der Waals surface area contributed by atoms with Gasteiger partial charge in [0.05, 0.1) is 22.9 Å². The summed E-state index contributed by atoms with van der Waals surface area (Å²) in [5.41, 5.74) is 4.31. The number of halogens is 1. The fourth-order valence-electron chi connectivity index (χ4n) is 4.77. The molecule has 2 aromatic carbocycles. The Kier molecular flexibility index (Phi) is 11.8. The molecule has 3 aromatic rings. The van der Waals surface area contributed by atoms with Crippen LogP contribution in [0, 0.1) is 5.92 Å². The molecule has 0 aliphatic rings. The van der Waals surface area contributed by atoms with Gasteiger partial charge in [0, 0.05) is 36.4 Å². The van der Waals surface area contributed by atoms with Gasteiger partial charge in [-0.2, -0.15) is 0 Å². The molecule has 2 atom stereocenters. The highest BCUT2D eigenvalue weighted by Gasteiger charge is 2.21.